The number of rotatable bonds is 2. The number of anilines is 1. The van der Waals surface area contributed by atoms with E-state index in [1.807, 2.05) is 25.1 Å². The largest absolute Gasteiger partial charge is 0.322 e. The lowest BCUT2D eigenvalue weighted by Gasteiger charge is -2.09. The summed E-state index contributed by atoms with van der Waals surface area (Å²) in [6, 6.07) is 7.28. The number of carbonyl (C=O) groups is 1. The van der Waals surface area contributed by atoms with Crippen molar-refractivity contribution in [2.75, 3.05) is 5.32 Å². The van der Waals surface area contributed by atoms with Crippen LogP contribution in [0.4, 0.5) is 5.69 Å². The highest BCUT2D eigenvalue weighted by molar-refractivity contribution is 9.10. The number of nitrogens with zero attached hydrogens (tertiary/aromatic N) is 1. The third-order valence-electron chi connectivity index (χ3n) is 2.46. The van der Waals surface area contributed by atoms with Crippen molar-refractivity contribution in [3.63, 3.8) is 0 Å². The van der Waals surface area contributed by atoms with Gasteiger partial charge < -0.3 is 5.32 Å². The molecule has 0 saturated carbocycles. The summed E-state index contributed by atoms with van der Waals surface area (Å²) in [6.45, 7) is 1.93. The average molecular weight is 326 g/mol. The topological polar surface area (TPSA) is 42.0 Å². The lowest BCUT2D eigenvalue weighted by molar-refractivity contribution is 0.102. The first-order chi connectivity index (χ1) is 8.58. The molecular weight excluding hydrogens is 316 g/mol. The second kappa shape index (κ2) is 5.50. The van der Waals surface area contributed by atoms with Gasteiger partial charge in [0.05, 0.1) is 10.6 Å². The number of hydrogen-bond acceptors (Lipinski definition) is 2. The molecule has 0 fully saturated rings. The van der Waals surface area contributed by atoms with Crippen LogP contribution >= 0.6 is 27.5 Å². The Kier molecular flexibility index (Phi) is 3.99. The Labute approximate surface area is 118 Å². The Hall–Kier alpha value is -1.39. The normalized spacial score (nSPS) is 10.2. The molecule has 0 bridgehead atoms. The molecule has 0 radical (unpaired) electrons. The van der Waals surface area contributed by atoms with Crippen LogP contribution in [-0.4, -0.2) is 10.9 Å². The van der Waals surface area contributed by atoms with Gasteiger partial charge in [-0.2, -0.15) is 0 Å². The molecule has 0 aliphatic rings. The number of aryl methyl sites for hydroxylation is 1. The van der Waals surface area contributed by atoms with E-state index in [0.717, 1.165) is 15.7 Å². The zero-order valence-electron chi connectivity index (χ0n) is 9.58. The fraction of sp³-hybridized carbons (Fsp3) is 0.0769. The number of hydrogen-bond donors (Lipinski definition) is 1. The number of carbonyl (C=O) groups excluding carboxylic acids is 1. The van der Waals surface area contributed by atoms with E-state index < -0.39 is 0 Å². The van der Waals surface area contributed by atoms with E-state index in [1.54, 1.807) is 6.07 Å². The molecule has 1 N–H and O–H groups in total. The summed E-state index contributed by atoms with van der Waals surface area (Å²) in [4.78, 5) is 15.9. The predicted octanol–water partition coefficient (Wildman–Crippen LogP) is 4.06. The molecule has 0 saturated heterocycles. The van der Waals surface area contributed by atoms with Crippen LogP contribution in [0.25, 0.3) is 0 Å². The maximum Gasteiger partial charge on any atom is 0.257 e. The van der Waals surface area contributed by atoms with Gasteiger partial charge in [-0.25, -0.2) is 0 Å². The molecule has 1 heterocycles. The number of pyridine rings is 1. The second-order valence-electron chi connectivity index (χ2n) is 3.77. The van der Waals surface area contributed by atoms with Crippen LogP contribution in [0.2, 0.25) is 5.02 Å². The van der Waals surface area contributed by atoms with Gasteiger partial charge in [-0.15, -0.1) is 0 Å². The van der Waals surface area contributed by atoms with Crippen molar-refractivity contribution in [2.24, 2.45) is 0 Å². The van der Waals surface area contributed by atoms with Crippen molar-refractivity contribution < 1.29 is 4.79 Å². The van der Waals surface area contributed by atoms with Gasteiger partial charge in [0.1, 0.15) is 0 Å². The van der Waals surface area contributed by atoms with Crippen molar-refractivity contribution in [3.8, 4) is 0 Å². The van der Waals surface area contributed by atoms with Crippen LogP contribution in [-0.2, 0) is 0 Å². The Bertz CT molecular complexity index is 601. The van der Waals surface area contributed by atoms with Gasteiger partial charge in [0.25, 0.3) is 5.91 Å². The van der Waals surface area contributed by atoms with Gasteiger partial charge >= 0.3 is 0 Å². The summed E-state index contributed by atoms with van der Waals surface area (Å²) < 4.78 is 0.907. The summed E-state index contributed by atoms with van der Waals surface area (Å²) in [5.41, 5.74) is 2.14. The summed E-state index contributed by atoms with van der Waals surface area (Å²) >= 11 is 9.29. The minimum Gasteiger partial charge on any atom is -0.322 e. The highest BCUT2D eigenvalue weighted by Crippen LogP contribution is 2.22. The molecule has 1 aromatic carbocycles. The van der Waals surface area contributed by atoms with Crippen LogP contribution in [0.3, 0.4) is 0 Å². The Morgan fingerprint density at radius 2 is 2.17 bits per heavy atom. The van der Waals surface area contributed by atoms with Crippen LogP contribution in [0.5, 0.6) is 0 Å². The van der Waals surface area contributed by atoms with E-state index in [9.17, 15) is 4.79 Å². The van der Waals surface area contributed by atoms with Gasteiger partial charge in [-0.05, 0) is 30.7 Å². The molecule has 0 spiro atoms. The fourth-order valence-corrected chi connectivity index (χ4v) is 2.04. The summed E-state index contributed by atoms with van der Waals surface area (Å²) in [7, 11) is 0. The monoisotopic (exact) mass is 324 g/mol. The maximum absolute atomic E-state index is 12.1. The molecule has 2 aromatic rings. The molecule has 0 aliphatic carbocycles. The molecule has 92 valence electrons. The molecule has 0 atom stereocenters. The Balaban J connectivity index is 2.27. The summed E-state index contributed by atoms with van der Waals surface area (Å²) in [5, 5.41) is 3.16. The molecule has 1 amide bonds. The van der Waals surface area contributed by atoms with E-state index in [2.05, 4.69) is 26.2 Å². The maximum atomic E-state index is 12.1. The summed E-state index contributed by atoms with van der Waals surface area (Å²) in [5.74, 6) is -0.247. The van der Waals surface area contributed by atoms with E-state index in [-0.39, 0.29) is 5.91 Å². The highest BCUT2D eigenvalue weighted by atomic mass is 79.9. The second-order valence-corrected chi connectivity index (χ2v) is 5.09. The van der Waals surface area contributed by atoms with Crippen molar-refractivity contribution in [1.82, 2.24) is 4.98 Å². The van der Waals surface area contributed by atoms with E-state index >= 15 is 0 Å². The fourth-order valence-electron chi connectivity index (χ4n) is 1.48. The Morgan fingerprint density at radius 3 is 2.89 bits per heavy atom. The van der Waals surface area contributed by atoms with Gasteiger partial charge in [-0.1, -0.05) is 33.6 Å². The first kappa shape index (κ1) is 13.1. The minimum atomic E-state index is -0.247. The minimum absolute atomic E-state index is 0.247. The van der Waals surface area contributed by atoms with Gasteiger partial charge in [0.2, 0.25) is 0 Å². The molecule has 0 unspecified atom stereocenters. The molecule has 0 aliphatic heterocycles. The van der Waals surface area contributed by atoms with Crippen LogP contribution in [0, 0.1) is 6.92 Å². The highest BCUT2D eigenvalue weighted by Gasteiger charge is 2.11. The first-order valence-electron chi connectivity index (χ1n) is 5.25. The number of benzene rings is 1. The Morgan fingerprint density at radius 1 is 1.39 bits per heavy atom. The number of amides is 1. The number of halogens is 2. The quantitative estimate of drug-likeness (QED) is 0.905. The smallest absolute Gasteiger partial charge is 0.257 e. The predicted molar refractivity (Wildman–Crippen MR) is 76.1 cm³/mol. The third-order valence-corrected chi connectivity index (χ3v) is 3.26. The van der Waals surface area contributed by atoms with Crippen LogP contribution in [0.15, 0.2) is 41.1 Å². The van der Waals surface area contributed by atoms with Crippen molar-refractivity contribution in [2.45, 2.75) is 6.92 Å². The van der Waals surface area contributed by atoms with Crippen LogP contribution < -0.4 is 5.32 Å². The van der Waals surface area contributed by atoms with Crippen LogP contribution in [0.1, 0.15) is 15.9 Å². The number of aromatic nitrogens is 1. The molecule has 2 rings (SSSR count). The van der Waals surface area contributed by atoms with E-state index in [4.69, 9.17) is 11.6 Å². The lowest BCUT2D eigenvalue weighted by atomic mass is 10.2. The van der Waals surface area contributed by atoms with Crippen molar-refractivity contribution in [1.29, 1.82) is 0 Å². The third kappa shape index (κ3) is 2.89. The van der Waals surface area contributed by atoms with Crippen molar-refractivity contribution >= 4 is 39.1 Å². The van der Waals surface area contributed by atoms with E-state index in [0.29, 0.717) is 10.6 Å². The van der Waals surface area contributed by atoms with Gasteiger partial charge in [-0.3, -0.25) is 9.78 Å². The molecular formula is C13H10BrClN2O. The lowest BCUT2D eigenvalue weighted by Crippen LogP contribution is -2.13. The average Bonchev–Trinajstić information content (AvgIpc) is 2.34. The zero-order chi connectivity index (χ0) is 13.1. The standard InChI is InChI=1S/C13H10BrClN2O/c1-8-2-3-9(14)6-12(8)17-13(18)10-4-5-16-7-11(10)15/h2-7H,1H3,(H,17,18). The van der Waals surface area contributed by atoms with Gasteiger partial charge in [0.15, 0.2) is 0 Å². The molecule has 18 heavy (non-hydrogen) atoms. The van der Waals surface area contributed by atoms with E-state index in [1.165, 1.54) is 12.4 Å². The zero-order valence-corrected chi connectivity index (χ0v) is 11.9. The van der Waals surface area contributed by atoms with Crippen molar-refractivity contribution in [3.05, 3.63) is 57.3 Å². The molecule has 5 heteroatoms. The van der Waals surface area contributed by atoms with Gasteiger partial charge in [0, 0.05) is 22.6 Å². The summed E-state index contributed by atoms with van der Waals surface area (Å²) in [6.07, 6.45) is 2.98. The SMILES string of the molecule is Cc1ccc(Br)cc1NC(=O)c1ccncc1Cl. The molecule has 1 aromatic heterocycles. The number of nitrogens with one attached hydrogen (secondary N) is 1. The molecule has 3 nitrogen and oxygen atoms in total. The first-order valence-corrected chi connectivity index (χ1v) is 6.42.